The largest absolute Gasteiger partial charge is 0.488 e. The van der Waals surface area contributed by atoms with Gasteiger partial charge in [0.2, 0.25) is 5.91 Å². The first-order valence-corrected chi connectivity index (χ1v) is 19.1. The number of carbonyl (C=O) groups excluding carboxylic acids is 3. The minimum Gasteiger partial charge on any atom is -0.488 e. The number of rotatable bonds is 10. The number of amides is 4. The van der Waals surface area contributed by atoms with E-state index in [2.05, 4.69) is 27.8 Å². The molecule has 1 aliphatic carbocycles. The fourth-order valence-electron chi connectivity index (χ4n) is 7.28. The lowest BCUT2D eigenvalue weighted by atomic mass is 9.98. The molecule has 1 saturated heterocycles. The van der Waals surface area contributed by atoms with E-state index in [9.17, 15) is 24.9 Å². The summed E-state index contributed by atoms with van der Waals surface area (Å²) in [6.45, 7) is 3.03. The third-order valence-corrected chi connectivity index (χ3v) is 11.4. The number of aryl methyl sites for hydroxylation is 1. The molecule has 4 amide bonds. The topological polar surface area (TPSA) is 161 Å². The number of likely N-dealkylation sites (tertiary alicyclic amines) is 1. The second-order valence-corrected chi connectivity index (χ2v) is 15.2. The molecule has 0 radical (unpaired) electrons. The van der Waals surface area contributed by atoms with Crippen LogP contribution in [-0.4, -0.2) is 52.1 Å². The molecule has 4 aliphatic rings. The Morgan fingerprint density at radius 1 is 1.04 bits per heavy atom. The second kappa shape index (κ2) is 15.2. The highest BCUT2D eigenvalue weighted by Gasteiger charge is 2.47. The van der Waals surface area contributed by atoms with Crippen molar-refractivity contribution < 1.29 is 23.9 Å². The summed E-state index contributed by atoms with van der Waals surface area (Å²) in [7, 11) is 0. The Hall–Kier alpha value is -6.31. The van der Waals surface area contributed by atoms with Crippen LogP contribution in [0.25, 0.3) is 0 Å². The van der Waals surface area contributed by atoms with E-state index < -0.39 is 11.3 Å². The van der Waals surface area contributed by atoms with Gasteiger partial charge in [0.15, 0.2) is 0 Å². The van der Waals surface area contributed by atoms with Gasteiger partial charge in [-0.15, -0.1) is 0 Å². The van der Waals surface area contributed by atoms with Crippen molar-refractivity contribution in [3.8, 4) is 29.4 Å². The fourth-order valence-corrected chi connectivity index (χ4v) is 8.51. The number of allylic oxidation sites excluding steroid dienone is 1. The molecule has 276 valence electrons. The molecule has 1 aromatic heterocycles. The van der Waals surface area contributed by atoms with Crippen LogP contribution in [0.2, 0.25) is 0 Å². The van der Waals surface area contributed by atoms with Gasteiger partial charge in [0.1, 0.15) is 51.8 Å². The van der Waals surface area contributed by atoms with Gasteiger partial charge in [0, 0.05) is 30.9 Å². The average molecular weight is 752 g/mol. The third-order valence-electron chi connectivity index (χ3n) is 10.1. The van der Waals surface area contributed by atoms with E-state index in [4.69, 9.17) is 9.47 Å². The number of urea groups is 1. The number of nitrogens with one attached hydrogen (secondary N) is 2. The zero-order valence-electron chi connectivity index (χ0n) is 30.0. The number of carbonyl (C=O) groups is 3. The van der Waals surface area contributed by atoms with Gasteiger partial charge in [-0.2, -0.15) is 10.5 Å². The number of nitriles is 2. The maximum absolute atomic E-state index is 13.9. The van der Waals surface area contributed by atoms with Crippen molar-refractivity contribution in [3.63, 3.8) is 0 Å². The van der Waals surface area contributed by atoms with Gasteiger partial charge >= 0.3 is 6.03 Å². The lowest BCUT2D eigenvalue weighted by molar-refractivity contribution is -0.129. The molecular weight excluding hydrogens is 715 g/mol. The number of para-hydroxylation sites is 1. The lowest BCUT2D eigenvalue weighted by Gasteiger charge is -2.36. The van der Waals surface area contributed by atoms with Crippen LogP contribution in [0.4, 0.5) is 16.2 Å². The number of hydrogen-bond acceptors (Lipinski definition) is 9. The minimum atomic E-state index is -0.649. The second-order valence-electron chi connectivity index (χ2n) is 14.1. The molecule has 13 heteroatoms. The van der Waals surface area contributed by atoms with Gasteiger partial charge in [-0.3, -0.25) is 14.5 Å². The van der Waals surface area contributed by atoms with Gasteiger partial charge < -0.3 is 25.0 Å². The number of piperidine rings is 1. The normalized spacial score (nSPS) is 20.1. The Morgan fingerprint density at radius 3 is 2.67 bits per heavy atom. The first kappa shape index (κ1) is 35.7. The molecule has 4 heterocycles. The molecule has 2 N–H and O–H groups in total. The molecule has 8 rings (SSSR count). The van der Waals surface area contributed by atoms with Crippen molar-refractivity contribution in [2.24, 2.45) is 5.92 Å². The number of benzene rings is 3. The summed E-state index contributed by atoms with van der Waals surface area (Å²) in [6, 6.07) is 24.9. The summed E-state index contributed by atoms with van der Waals surface area (Å²) < 4.78 is 12.1. The number of thioether (sulfide) groups is 1. The molecule has 12 nitrogen and oxygen atoms in total. The van der Waals surface area contributed by atoms with Crippen LogP contribution in [-0.2, 0) is 16.2 Å². The Labute approximate surface area is 322 Å². The Kier molecular flexibility index (Phi) is 9.87. The first-order chi connectivity index (χ1) is 26.8. The van der Waals surface area contributed by atoms with Gasteiger partial charge in [0.05, 0.1) is 23.0 Å². The van der Waals surface area contributed by atoms with E-state index in [0.717, 1.165) is 29.5 Å². The summed E-state index contributed by atoms with van der Waals surface area (Å²) in [5, 5.41) is 25.2. The smallest absolute Gasteiger partial charge is 0.327 e. The summed E-state index contributed by atoms with van der Waals surface area (Å²) in [4.78, 5) is 48.7. The summed E-state index contributed by atoms with van der Waals surface area (Å²) in [5.41, 5.74) is 4.41. The van der Waals surface area contributed by atoms with Gasteiger partial charge in [-0.1, -0.05) is 42.1 Å². The van der Waals surface area contributed by atoms with Gasteiger partial charge in [0.25, 0.3) is 5.91 Å². The highest BCUT2D eigenvalue weighted by Crippen LogP contribution is 2.51. The molecule has 4 aromatic rings. The monoisotopic (exact) mass is 751 g/mol. The molecule has 2 fully saturated rings. The highest BCUT2D eigenvalue weighted by molar-refractivity contribution is 8.01. The lowest BCUT2D eigenvalue weighted by Crippen LogP contribution is -2.54. The van der Waals surface area contributed by atoms with Gasteiger partial charge in [-0.25, -0.2) is 9.78 Å². The first-order valence-electron chi connectivity index (χ1n) is 18.3. The van der Waals surface area contributed by atoms with Crippen molar-refractivity contribution in [2.45, 2.75) is 61.6 Å². The number of aromatic nitrogens is 1. The van der Waals surface area contributed by atoms with Crippen LogP contribution in [0.3, 0.4) is 0 Å². The van der Waals surface area contributed by atoms with Crippen LogP contribution in [0.15, 0.2) is 95.7 Å². The van der Waals surface area contributed by atoms with Crippen LogP contribution in [0, 0.1) is 35.5 Å². The minimum absolute atomic E-state index is 0.175. The maximum atomic E-state index is 13.9. The zero-order chi connectivity index (χ0) is 38.1. The molecule has 1 saturated carbocycles. The third kappa shape index (κ3) is 7.44. The molecule has 3 atom stereocenters. The van der Waals surface area contributed by atoms with Crippen molar-refractivity contribution in [3.05, 3.63) is 113 Å². The predicted octanol–water partition coefficient (Wildman–Crippen LogP) is 6.98. The van der Waals surface area contributed by atoms with Crippen molar-refractivity contribution >= 4 is 41.0 Å². The number of nitrogens with zero attached hydrogens (tertiary/aromatic N) is 5. The molecule has 2 unspecified atom stereocenters. The Morgan fingerprint density at radius 2 is 1.87 bits per heavy atom. The van der Waals surface area contributed by atoms with Gasteiger partial charge in [-0.05, 0) is 98.2 Å². The number of anilines is 2. The van der Waals surface area contributed by atoms with Crippen LogP contribution in [0.1, 0.15) is 54.0 Å². The van der Waals surface area contributed by atoms with Crippen LogP contribution >= 0.6 is 11.8 Å². The van der Waals surface area contributed by atoms with E-state index in [0.29, 0.717) is 71.1 Å². The SMILES string of the molecule is Cc1cc(Oc2cccc(COc3ccccc3C#N)c2)ccc1N1C(=O)NC2c3c1ccnc3S[C@H]2C(=O)NC1CCCN(C(=O)/C(C#N)=C/C2CC2)C1. The Bertz CT molecular complexity index is 2310. The number of pyridine rings is 1. The van der Waals surface area contributed by atoms with Crippen molar-refractivity contribution in [1.82, 2.24) is 20.5 Å². The molecule has 0 spiro atoms. The highest BCUT2D eigenvalue weighted by atomic mass is 32.2. The molecule has 55 heavy (non-hydrogen) atoms. The average Bonchev–Trinajstić information content (AvgIpc) is 3.95. The van der Waals surface area contributed by atoms with E-state index >= 15 is 0 Å². The maximum Gasteiger partial charge on any atom is 0.327 e. The zero-order valence-corrected chi connectivity index (χ0v) is 30.8. The molecule has 3 aromatic carbocycles. The number of hydrogen-bond donors (Lipinski definition) is 2. The van der Waals surface area contributed by atoms with Crippen molar-refractivity contribution in [2.75, 3.05) is 18.0 Å². The van der Waals surface area contributed by atoms with Crippen molar-refractivity contribution in [1.29, 1.82) is 10.5 Å². The van der Waals surface area contributed by atoms with Crippen LogP contribution < -0.4 is 25.0 Å². The summed E-state index contributed by atoms with van der Waals surface area (Å²) in [6.07, 6.45) is 6.85. The molecular formula is C42H37N7O5S. The van der Waals surface area contributed by atoms with E-state index in [1.165, 1.54) is 11.8 Å². The molecule has 0 bridgehead atoms. The number of ether oxygens (including phenoxy) is 2. The predicted molar refractivity (Wildman–Crippen MR) is 205 cm³/mol. The van der Waals surface area contributed by atoms with E-state index in [-0.39, 0.29) is 36.1 Å². The van der Waals surface area contributed by atoms with E-state index in [1.807, 2.05) is 49.4 Å². The molecule has 3 aliphatic heterocycles. The van der Waals surface area contributed by atoms with E-state index in [1.54, 1.807) is 52.4 Å². The summed E-state index contributed by atoms with van der Waals surface area (Å²) in [5.74, 6) is 1.50. The Balaban J connectivity index is 0.942. The summed E-state index contributed by atoms with van der Waals surface area (Å²) >= 11 is 1.32. The quantitative estimate of drug-likeness (QED) is 0.129. The fraction of sp³-hybridized carbons (Fsp3) is 0.286. The standard InChI is InChI=1S/C42H37N7O5S/c1-25-18-32(54-31-9-4-6-27(20-31)24-53-35-10-3-2-7-28(35)21-43)13-14-33(25)49-34-15-16-45-40-36(34)37(47-42(49)52)38(55-40)39(50)46-30-8-5-17-48(23-30)41(51)29(22-44)19-26-11-12-26/h2-4,6-7,9-10,13-16,18-20,26,30,37-38H,5,8,11-12,17,23-24H2,1H3,(H,46,50)(H,47,52)/b29-19+/t30?,37?,38-/m1/s1. The van der Waals surface area contributed by atoms with Crippen LogP contribution in [0.5, 0.6) is 17.2 Å².